The van der Waals surface area contributed by atoms with Crippen molar-refractivity contribution in [1.29, 1.82) is 0 Å². The van der Waals surface area contributed by atoms with Gasteiger partial charge in [-0.25, -0.2) is 4.98 Å². The Morgan fingerprint density at radius 1 is 1.24 bits per heavy atom. The predicted molar refractivity (Wildman–Crippen MR) is 88.0 cm³/mol. The van der Waals surface area contributed by atoms with Crippen LogP contribution >= 0.6 is 12.6 Å². The molecule has 0 aliphatic heterocycles. The molecule has 5 nitrogen and oxygen atoms in total. The van der Waals surface area contributed by atoms with Gasteiger partial charge in [0, 0.05) is 43.4 Å². The van der Waals surface area contributed by atoms with E-state index in [9.17, 15) is 0 Å². The molecule has 112 valence electrons. The van der Waals surface area contributed by atoms with Crippen molar-refractivity contribution in [3.05, 3.63) is 48.4 Å². The normalized spacial score (nSPS) is 11.9. The lowest BCUT2D eigenvalue weighted by Gasteiger charge is -2.14. The first-order valence-electron chi connectivity index (χ1n) is 6.86. The van der Waals surface area contributed by atoms with Crippen LogP contribution in [0.3, 0.4) is 0 Å². The highest BCUT2D eigenvalue weighted by Crippen LogP contribution is 2.20. The van der Waals surface area contributed by atoms with Crippen molar-refractivity contribution in [2.45, 2.75) is 12.5 Å². The molecule has 0 saturated heterocycles. The maximum Gasteiger partial charge on any atom is 0.237 e. The number of nitrogens with zero attached hydrogens (tertiary/aromatic N) is 2. The minimum atomic E-state index is -0.00166. The van der Waals surface area contributed by atoms with Crippen LogP contribution < -0.4 is 15.8 Å². The average Bonchev–Trinajstić information content (AvgIpc) is 2.54. The van der Waals surface area contributed by atoms with Crippen LogP contribution in [0.25, 0.3) is 0 Å². The summed E-state index contributed by atoms with van der Waals surface area (Å²) in [5.74, 6) is 1.23. The van der Waals surface area contributed by atoms with Gasteiger partial charge < -0.3 is 15.8 Å². The molecule has 3 N–H and O–H groups in total. The third kappa shape index (κ3) is 5.24. The van der Waals surface area contributed by atoms with E-state index in [4.69, 9.17) is 10.5 Å². The number of thiol groups is 1. The second kappa shape index (κ2) is 8.49. The number of ether oxygens (including phenoxy) is 1. The molecule has 2 aromatic rings. The first-order valence-corrected chi connectivity index (χ1v) is 7.50. The molecule has 0 bridgehead atoms. The highest BCUT2D eigenvalue weighted by atomic mass is 32.1. The molecule has 0 aliphatic rings. The van der Waals surface area contributed by atoms with Gasteiger partial charge in [0.15, 0.2) is 0 Å². The van der Waals surface area contributed by atoms with Crippen molar-refractivity contribution in [3.63, 3.8) is 0 Å². The second-order valence-corrected chi connectivity index (χ2v) is 5.00. The Morgan fingerprint density at radius 3 is 2.81 bits per heavy atom. The van der Waals surface area contributed by atoms with Crippen molar-refractivity contribution >= 4 is 18.3 Å². The van der Waals surface area contributed by atoms with Gasteiger partial charge in [-0.2, -0.15) is 12.6 Å². The van der Waals surface area contributed by atoms with Crippen LogP contribution in [-0.4, -0.2) is 34.9 Å². The van der Waals surface area contributed by atoms with E-state index in [1.807, 2.05) is 24.3 Å². The molecule has 0 aliphatic carbocycles. The number of pyridine rings is 2. The zero-order valence-electron chi connectivity index (χ0n) is 11.8. The van der Waals surface area contributed by atoms with E-state index in [0.29, 0.717) is 24.8 Å². The van der Waals surface area contributed by atoms with Gasteiger partial charge in [0.05, 0.1) is 12.3 Å². The van der Waals surface area contributed by atoms with Crippen molar-refractivity contribution in [3.8, 4) is 5.88 Å². The number of rotatable bonds is 8. The van der Waals surface area contributed by atoms with E-state index in [1.54, 1.807) is 18.6 Å². The molecular formula is C15H20N4OS. The SMILES string of the molecule is NC(CS)CNc1cccnc1OCCc1ccncc1. The van der Waals surface area contributed by atoms with E-state index in [0.717, 1.165) is 12.1 Å². The Labute approximate surface area is 130 Å². The molecule has 0 radical (unpaired) electrons. The van der Waals surface area contributed by atoms with Crippen LogP contribution in [-0.2, 0) is 6.42 Å². The molecule has 21 heavy (non-hydrogen) atoms. The first-order chi connectivity index (χ1) is 10.3. The lowest BCUT2D eigenvalue weighted by atomic mass is 10.2. The molecule has 0 aromatic carbocycles. The Kier molecular flexibility index (Phi) is 6.30. The minimum Gasteiger partial charge on any atom is -0.476 e. The predicted octanol–water partition coefficient (Wildman–Crippen LogP) is 1.77. The standard InChI is InChI=1S/C15H20N4OS/c16-13(11-21)10-19-14-2-1-6-18-15(14)20-9-5-12-3-7-17-8-4-12/h1-4,6-8,13,19,21H,5,9-11,16H2. The maximum absolute atomic E-state index is 5.84. The molecular weight excluding hydrogens is 284 g/mol. The summed E-state index contributed by atoms with van der Waals surface area (Å²) in [6.45, 7) is 1.20. The van der Waals surface area contributed by atoms with Gasteiger partial charge in [0.2, 0.25) is 5.88 Å². The molecule has 2 aromatic heterocycles. The lowest BCUT2D eigenvalue weighted by molar-refractivity contribution is 0.311. The van der Waals surface area contributed by atoms with Gasteiger partial charge in [-0.15, -0.1) is 0 Å². The number of hydrogen-bond acceptors (Lipinski definition) is 6. The van der Waals surface area contributed by atoms with Crippen LogP contribution in [0.5, 0.6) is 5.88 Å². The first kappa shape index (κ1) is 15.6. The molecule has 0 amide bonds. The topological polar surface area (TPSA) is 73.1 Å². The molecule has 0 saturated carbocycles. The molecule has 2 heterocycles. The van der Waals surface area contributed by atoms with E-state index >= 15 is 0 Å². The molecule has 0 spiro atoms. The van der Waals surface area contributed by atoms with Gasteiger partial charge in [0.25, 0.3) is 0 Å². The van der Waals surface area contributed by atoms with Crippen molar-refractivity contribution in [2.75, 3.05) is 24.2 Å². The number of anilines is 1. The summed E-state index contributed by atoms with van der Waals surface area (Å²) in [6.07, 6.45) is 6.09. The summed E-state index contributed by atoms with van der Waals surface area (Å²) in [4.78, 5) is 8.25. The monoisotopic (exact) mass is 304 g/mol. The zero-order chi connectivity index (χ0) is 14.9. The Morgan fingerprint density at radius 2 is 2.05 bits per heavy atom. The van der Waals surface area contributed by atoms with Gasteiger partial charge in [-0.3, -0.25) is 4.98 Å². The summed E-state index contributed by atoms with van der Waals surface area (Å²) in [5.41, 5.74) is 7.88. The molecule has 0 fully saturated rings. The van der Waals surface area contributed by atoms with E-state index in [-0.39, 0.29) is 6.04 Å². The van der Waals surface area contributed by atoms with Gasteiger partial charge in [-0.05, 0) is 29.8 Å². The summed E-state index contributed by atoms with van der Waals surface area (Å²) < 4.78 is 5.75. The number of aromatic nitrogens is 2. The summed E-state index contributed by atoms with van der Waals surface area (Å²) in [5, 5.41) is 3.24. The molecule has 1 atom stereocenters. The highest BCUT2D eigenvalue weighted by Gasteiger charge is 2.06. The Balaban J connectivity index is 1.87. The Hall–Kier alpha value is -1.79. The fraction of sp³-hybridized carbons (Fsp3) is 0.333. The number of nitrogens with two attached hydrogens (primary N) is 1. The largest absolute Gasteiger partial charge is 0.476 e. The minimum absolute atomic E-state index is 0.00166. The van der Waals surface area contributed by atoms with E-state index in [2.05, 4.69) is 27.9 Å². The van der Waals surface area contributed by atoms with Crippen LogP contribution in [0, 0.1) is 0 Å². The summed E-state index contributed by atoms with van der Waals surface area (Å²) in [7, 11) is 0. The quantitative estimate of drug-likeness (QED) is 0.648. The maximum atomic E-state index is 5.84. The summed E-state index contributed by atoms with van der Waals surface area (Å²) >= 11 is 4.17. The molecule has 6 heteroatoms. The lowest BCUT2D eigenvalue weighted by Crippen LogP contribution is -2.30. The smallest absolute Gasteiger partial charge is 0.237 e. The number of nitrogens with one attached hydrogen (secondary N) is 1. The highest BCUT2D eigenvalue weighted by molar-refractivity contribution is 7.80. The van der Waals surface area contributed by atoms with Crippen molar-refractivity contribution in [1.82, 2.24) is 9.97 Å². The van der Waals surface area contributed by atoms with Gasteiger partial charge in [-0.1, -0.05) is 0 Å². The van der Waals surface area contributed by atoms with E-state index in [1.165, 1.54) is 5.56 Å². The van der Waals surface area contributed by atoms with Crippen LogP contribution in [0.15, 0.2) is 42.9 Å². The van der Waals surface area contributed by atoms with Crippen molar-refractivity contribution in [2.24, 2.45) is 5.73 Å². The van der Waals surface area contributed by atoms with Crippen molar-refractivity contribution < 1.29 is 4.74 Å². The summed E-state index contributed by atoms with van der Waals surface area (Å²) in [6, 6.07) is 7.75. The fourth-order valence-electron chi connectivity index (χ4n) is 1.76. The zero-order valence-corrected chi connectivity index (χ0v) is 12.7. The second-order valence-electron chi connectivity index (χ2n) is 4.63. The molecule has 2 rings (SSSR count). The van der Waals surface area contributed by atoms with Crippen LogP contribution in [0.4, 0.5) is 5.69 Å². The van der Waals surface area contributed by atoms with Gasteiger partial charge >= 0.3 is 0 Å². The third-order valence-corrected chi connectivity index (χ3v) is 3.41. The molecule has 1 unspecified atom stereocenters. The Bertz CT molecular complexity index is 538. The third-order valence-electron chi connectivity index (χ3n) is 2.94. The number of hydrogen-bond donors (Lipinski definition) is 3. The van der Waals surface area contributed by atoms with Gasteiger partial charge in [0.1, 0.15) is 0 Å². The average molecular weight is 304 g/mol. The van der Waals surface area contributed by atoms with Crippen LogP contribution in [0.1, 0.15) is 5.56 Å². The van der Waals surface area contributed by atoms with E-state index < -0.39 is 0 Å². The fourth-order valence-corrected chi connectivity index (χ4v) is 1.89. The van der Waals surface area contributed by atoms with Crippen LogP contribution in [0.2, 0.25) is 0 Å².